The summed E-state index contributed by atoms with van der Waals surface area (Å²) in [5, 5.41) is 18.9. The molecule has 2 aromatic carbocycles. The molecule has 0 fully saturated rings. The van der Waals surface area contributed by atoms with E-state index >= 15 is 0 Å². The molecule has 0 bridgehead atoms. The number of aryl methyl sites for hydroxylation is 1. The maximum Gasteiger partial charge on any atom is 0.172 e. The summed E-state index contributed by atoms with van der Waals surface area (Å²) in [5.41, 5.74) is 0.759. The number of rotatable bonds is 2. The molecule has 0 aromatic heterocycles. The molecule has 2 aromatic rings. The summed E-state index contributed by atoms with van der Waals surface area (Å²) < 4.78 is 0. The first-order chi connectivity index (χ1) is 7.26. The zero-order valence-electron chi connectivity index (χ0n) is 8.10. The molecule has 0 saturated heterocycles. The maximum absolute atomic E-state index is 8.67. The Morgan fingerprint density at radius 3 is 2.40 bits per heavy atom. The van der Waals surface area contributed by atoms with Crippen molar-refractivity contribution in [3.63, 3.8) is 0 Å². The van der Waals surface area contributed by atoms with Crippen LogP contribution in [-0.4, -0.2) is 10.5 Å². The van der Waals surface area contributed by atoms with Gasteiger partial charge < -0.3 is 9.78 Å². The lowest BCUT2D eigenvalue weighted by molar-refractivity contribution is -0.138. The average Bonchev–Trinajstić information content (AvgIpc) is 2.27. The second-order valence-corrected chi connectivity index (χ2v) is 3.28. The van der Waals surface area contributed by atoms with Crippen molar-refractivity contribution in [2.45, 2.75) is 6.92 Å². The highest BCUT2D eigenvalue weighted by Gasteiger charge is 2.06. The van der Waals surface area contributed by atoms with E-state index in [0.717, 1.165) is 16.3 Å². The Kier molecular flexibility index (Phi) is 2.45. The molecular formula is C11H10O4. The number of hydrogen-bond donors (Lipinski definition) is 2. The lowest BCUT2D eigenvalue weighted by atomic mass is 10.1. The van der Waals surface area contributed by atoms with E-state index in [9.17, 15) is 0 Å². The van der Waals surface area contributed by atoms with Gasteiger partial charge in [0.2, 0.25) is 0 Å². The predicted molar refractivity (Wildman–Crippen MR) is 55.2 cm³/mol. The molecule has 0 radical (unpaired) electrons. The van der Waals surface area contributed by atoms with E-state index in [0.29, 0.717) is 11.5 Å². The van der Waals surface area contributed by atoms with Gasteiger partial charge in [-0.2, -0.15) is 0 Å². The molecule has 2 rings (SSSR count). The van der Waals surface area contributed by atoms with Crippen LogP contribution in [0.3, 0.4) is 0 Å². The molecule has 4 nitrogen and oxygen atoms in total. The molecule has 0 aliphatic rings. The minimum atomic E-state index is 0.375. The molecule has 0 amide bonds. The summed E-state index contributed by atoms with van der Waals surface area (Å²) in [7, 11) is 0. The van der Waals surface area contributed by atoms with Crippen molar-refractivity contribution in [2.75, 3.05) is 0 Å². The Morgan fingerprint density at radius 2 is 1.73 bits per heavy atom. The van der Waals surface area contributed by atoms with Crippen molar-refractivity contribution in [1.29, 1.82) is 0 Å². The van der Waals surface area contributed by atoms with E-state index in [4.69, 9.17) is 10.5 Å². The summed E-state index contributed by atoms with van der Waals surface area (Å²) in [4.78, 5) is 8.48. The summed E-state index contributed by atoms with van der Waals surface area (Å²) >= 11 is 0. The topological polar surface area (TPSA) is 58.9 Å². The van der Waals surface area contributed by atoms with Gasteiger partial charge in [0.1, 0.15) is 0 Å². The van der Waals surface area contributed by atoms with Crippen LogP contribution in [0.5, 0.6) is 11.5 Å². The molecule has 78 valence electrons. The van der Waals surface area contributed by atoms with E-state index in [1.807, 2.05) is 6.07 Å². The van der Waals surface area contributed by atoms with Crippen LogP contribution >= 0.6 is 0 Å². The monoisotopic (exact) mass is 206 g/mol. The fourth-order valence-corrected chi connectivity index (χ4v) is 1.56. The van der Waals surface area contributed by atoms with Gasteiger partial charge in [0, 0.05) is 5.39 Å². The standard InChI is InChI=1S/C11H10O4/c1-7-5-9-8(6-11(7)15-13)3-2-4-10(9)14-12/h2-6,12-13H,1H3. The molecule has 0 aliphatic heterocycles. The summed E-state index contributed by atoms with van der Waals surface area (Å²) in [5.74, 6) is 0.762. The smallest absolute Gasteiger partial charge is 0.172 e. The maximum atomic E-state index is 8.67. The van der Waals surface area contributed by atoms with Gasteiger partial charge in [-0.3, -0.25) is 0 Å². The Balaban J connectivity index is 2.74. The van der Waals surface area contributed by atoms with Crippen LogP contribution in [0.2, 0.25) is 0 Å². The molecule has 15 heavy (non-hydrogen) atoms. The van der Waals surface area contributed by atoms with Gasteiger partial charge in [-0.05, 0) is 36.1 Å². The Labute approximate surface area is 86.2 Å². The number of hydrogen-bond acceptors (Lipinski definition) is 4. The fourth-order valence-electron chi connectivity index (χ4n) is 1.56. The lowest BCUT2D eigenvalue weighted by Gasteiger charge is -2.07. The van der Waals surface area contributed by atoms with Crippen molar-refractivity contribution < 1.29 is 20.3 Å². The minimum absolute atomic E-state index is 0.375. The predicted octanol–water partition coefficient (Wildman–Crippen LogP) is 2.85. The lowest BCUT2D eigenvalue weighted by Crippen LogP contribution is -1.90. The van der Waals surface area contributed by atoms with E-state index in [-0.39, 0.29) is 0 Å². The van der Waals surface area contributed by atoms with Crippen molar-refractivity contribution in [1.82, 2.24) is 0 Å². The third-order valence-corrected chi connectivity index (χ3v) is 2.33. The fraction of sp³-hybridized carbons (Fsp3) is 0.0909. The van der Waals surface area contributed by atoms with Gasteiger partial charge in [0.15, 0.2) is 11.5 Å². The highest BCUT2D eigenvalue weighted by molar-refractivity contribution is 5.90. The summed E-state index contributed by atoms with van der Waals surface area (Å²) in [6.45, 7) is 1.79. The Bertz CT molecular complexity index is 493. The van der Waals surface area contributed by atoms with E-state index in [1.54, 1.807) is 31.2 Å². The zero-order valence-corrected chi connectivity index (χ0v) is 8.10. The SMILES string of the molecule is Cc1cc2c(OO)cccc2cc1OO. The van der Waals surface area contributed by atoms with Crippen LogP contribution in [0.15, 0.2) is 30.3 Å². The van der Waals surface area contributed by atoms with Gasteiger partial charge in [0.05, 0.1) is 0 Å². The van der Waals surface area contributed by atoms with Crippen LogP contribution in [0, 0.1) is 6.92 Å². The molecule has 0 aliphatic carbocycles. The second kappa shape index (κ2) is 3.76. The molecule has 0 heterocycles. The van der Waals surface area contributed by atoms with Crippen LogP contribution in [0.25, 0.3) is 10.8 Å². The molecule has 0 saturated carbocycles. The van der Waals surface area contributed by atoms with Crippen LogP contribution in [0.1, 0.15) is 5.56 Å². The molecule has 2 N–H and O–H groups in total. The molecule has 0 atom stereocenters. The van der Waals surface area contributed by atoms with Crippen molar-refractivity contribution >= 4 is 10.8 Å². The first-order valence-corrected chi connectivity index (χ1v) is 4.42. The van der Waals surface area contributed by atoms with Gasteiger partial charge >= 0.3 is 0 Å². The Morgan fingerprint density at radius 1 is 1.00 bits per heavy atom. The molecule has 0 unspecified atom stereocenters. The van der Waals surface area contributed by atoms with Crippen LogP contribution in [0.4, 0.5) is 0 Å². The second-order valence-electron chi connectivity index (χ2n) is 3.28. The Hall–Kier alpha value is -1.78. The largest absolute Gasteiger partial charge is 0.340 e. The number of fused-ring (bicyclic) bond motifs is 1. The zero-order chi connectivity index (χ0) is 10.8. The first kappa shape index (κ1) is 9.76. The average molecular weight is 206 g/mol. The van der Waals surface area contributed by atoms with E-state index in [2.05, 4.69) is 9.78 Å². The third kappa shape index (κ3) is 1.60. The molecular weight excluding hydrogens is 196 g/mol. The first-order valence-electron chi connectivity index (χ1n) is 4.42. The van der Waals surface area contributed by atoms with Gasteiger partial charge in [-0.15, -0.1) is 0 Å². The summed E-state index contributed by atoms with van der Waals surface area (Å²) in [6, 6.07) is 8.67. The summed E-state index contributed by atoms with van der Waals surface area (Å²) in [6.07, 6.45) is 0. The van der Waals surface area contributed by atoms with Crippen molar-refractivity contribution in [3.05, 3.63) is 35.9 Å². The van der Waals surface area contributed by atoms with Crippen LogP contribution in [-0.2, 0) is 0 Å². The third-order valence-electron chi connectivity index (χ3n) is 2.33. The quantitative estimate of drug-likeness (QED) is 0.586. The van der Waals surface area contributed by atoms with Crippen LogP contribution < -0.4 is 9.78 Å². The highest BCUT2D eigenvalue weighted by atomic mass is 17.1. The molecule has 4 heteroatoms. The number of benzene rings is 2. The van der Waals surface area contributed by atoms with Gasteiger partial charge in [-0.1, -0.05) is 12.1 Å². The van der Waals surface area contributed by atoms with Crippen molar-refractivity contribution in [3.8, 4) is 11.5 Å². The van der Waals surface area contributed by atoms with Gasteiger partial charge in [0.25, 0.3) is 0 Å². The van der Waals surface area contributed by atoms with E-state index < -0.39 is 0 Å². The molecule has 0 spiro atoms. The van der Waals surface area contributed by atoms with E-state index in [1.165, 1.54) is 0 Å². The van der Waals surface area contributed by atoms with Crippen molar-refractivity contribution in [2.24, 2.45) is 0 Å². The normalized spacial score (nSPS) is 10.3. The van der Waals surface area contributed by atoms with Gasteiger partial charge in [-0.25, -0.2) is 10.5 Å². The minimum Gasteiger partial charge on any atom is -0.340 e. The highest BCUT2D eigenvalue weighted by Crippen LogP contribution is 2.30.